The second kappa shape index (κ2) is 6.90. The van der Waals surface area contributed by atoms with Crippen molar-refractivity contribution in [3.05, 3.63) is 28.2 Å². The van der Waals surface area contributed by atoms with Gasteiger partial charge in [0, 0.05) is 28.6 Å². The molecule has 1 aliphatic heterocycles. The van der Waals surface area contributed by atoms with Crippen molar-refractivity contribution in [1.82, 2.24) is 4.48 Å². The molecule has 1 amide bonds. The maximum Gasteiger partial charge on any atom is 0.528 e. The van der Waals surface area contributed by atoms with Gasteiger partial charge in [0.25, 0.3) is 0 Å². The Morgan fingerprint density at radius 3 is 2.42 bits per heavy atom. The smallest absolute Gasteiger partial charge is 0.435 e. The molecule has 2 atom stereocenters. The van der Waals surface area contributed by atoms with E-state index < -0.39 is 16.1 Å². The third kappa shape index (κ3) is 3.68. The molecular formula is C17H23Cl2N2O3+. The zero-order valence-corrected chi connectivity index (χ0v) is 15.9. The zero-order valence-electron chi connectivity index (χ0n) is 14.3. The van der Waals surface area contributed by atoms with Gasteiger partial charge >= 0.3 is 12.1 Å². The number of rotatable bonds is 3. The Hall–Kier alpha value is -1.30. The predicted octanol–water partition coefficient (Wildman–Crippen LogP) is 5.33. The SMILES string of the molecule is CCC[N+](C(=O)O)(C1=NC(C)(C)CC(C)O1)c1cc(Cl)cc(Cl)c1. The highest BCUT2D eigenvalue weighted by atomic mass is 35.5. The summed E-state index contributed by atoms with van der Waals surface area (Å²) in [6.07, 6.45) is 0.140. The lowest BCUT2D eigenvalue weighted by Crippen LogP contribution is -2.62. The molecule has 1 aromatic rings. The number of benzene rings is 1. The van der Waals surface area contributed by atoms with Gasteiger partial charge in [-0.3, -0.25) is 0 Å². The summed E-state index contributed by atoms with van der Waals surface area (Å²) in [5, 5.41) is 10.9. The number of aliphatic imine (C=N–C) groups is 1. The Morgan fingerprint density at radius 1 is 1.38 bits per heavy atom. The maximum atomic E-state index is 12.4. The highest BCUT2D eigenvalue weighted by Crippen LogP contribution is 2.35. The average molecular weight is 374 g/mol. The number of hydrogen-bond acceptors (Lipinski definition) is 3. The van der Waals surface area contributed by atoms with E-state index in [9.17, 15) is 9.90 Å². The minimum atomic E-state index is -1.07. The van der Waals surface area contributed by atoms with Crippen LogP contribution in [0.1, 0.15) is 40.5 Å². The number of carboxylic acid groups (broad SMARTS) is 1. The molecule has 1 aliphatic rings. The van der Waals surface area contributed by atoms with Crippen LogP contribution < -0.4 is 4.48 Å². The molecule has 24 heavy (non-hydrogen) atoms. The number of ether oxygens (including phenoxy) is 1. The van der Waals surface area contributed by atoms with Crippen LogP contribution in [0.15, 0.2) is 23.2 Å². The van der Waals surface area contributed by atoms with Gasteiger partial charge in [-0.2, -0.15) is 9.79 Å². The number of amidine groups is 1. The average Bonchev–Trinajstić information content (AvgIpc) is 2.40. The molecule has 132 valence electrons. The van der Waals surface area contributed by atoms with Gasteiger partial charge in [-0.1, -0.05) is 30.1 Å². The largest absolute Gasteiger partial charge is 0.528 e. The topological polar surface area (TPSA) is 58.9 Å². The fraction of sp³-hybridized carbons (Fsp3) is 0.529. The normalized spacial score (nSPS) is 22.2. The maximum absolute atomic E-state index is 12.4. The molecule has 0 radical (unpaired) electrons. The summed E-state index contributed by atoms with van der Waals surface area (Å²) in [4.78, 5) is 17.0. The van der Waals surface area contributed by atoms with Gasteiger partial charge in [0.2, 0.25) is 0 Å². The van der Waals surface area contributed by atoms with Crippen LogP contribution in [0.2, 0.25) is 10.0 Å². The molecule has 0 spiro atoms. The van der Waals surface area contributed by atoms with Crippen LogP contribution in [-0.4, -0.2) is 35.4 Å². The van der Waals surface area contributed by atoms with Crippen molar-refractivity contribution in [2.24, 2.45) is 4.99 Å². The lowest BCUT2D eigenvalue weighted by molar-refractivity contribution is 0.103. The molecule has 0 aromatic heterocycles. The van der Waals surface area contributed by atoms with E-state index >= 15 is 0 Å². The summed E-state index contributed by atoms with van der Waals surface area (Å²) in [7, 11) is 0. The highest BCUT2D eigenvalue weighted by Gasteiger charge is 2.50. The molecule has 0 saturated heterocycles. The molecule has 7 heteroatoms. The molecule has 0 fully saturated rings. The standard InChI is InChI=1S/C17H22Cl2N2O3/c1-5-6-21(16(22)23,14-8-12(18)7-13(19)9-14)15-20-17(3,4)10-11(2)24-15/h7-9,11H,5-6,10H2,1-4H3/p+1. The van der Waals surface area contributed by atoms with Crippen LogP contribution in [0.5, 0.6) is 0 Å². The van der Waals surface area contributed by atoms with Crippen LogP contribution in [0, 0.1) is 0 Å². The van der Waals surface area contributed by atoms with E-state index in [0.29, 0.717) is 22.2 Å². The number of quaternary nitrogens is 1. The van der Waals surface area contributed by atoms with E-state index in [1.807, 2.05) is 27.7 Å². The fourth-order valence-electron chi connectivity index (χ4n) is 3.15. The van der Waals surface area contributed by atoms with Crippen molar-refractivity contribution in [2.75, 3.05) is 6.54 Å². The summed E-state index contributed by atoms with van der Waals surface area (Å²) in [6.45, 7) is 8.07. The molecule has 1 heterocycles. The van der Waals surface area contributed by atoms with E-state index in [2.05, 4.69) is 4.99 Å². The Morgan fingerprint density at radius 2 is 1.96 bits per heavy atom. The van der Waals surface area contributed by atoms with Crippen LogP contribution in [0.4, 0.5) is 10.5 Å². The minimum absolute atomic E-state index is 0.129. The van der Waals surface area contributed by atoms with E-state index in [1.54, 1.807) is 18.2 Å². The molecule has 2 rings (SSSR count). The van der Waals surface area contributed by atoms with E-state index in [4.69, 9.17) is 27.9 Å². The third-order valence-electron chi connectivity index (χ3n) is 3.99. The summed E-state index contributed by atoms with van der Waals surface area (Å²) in [5.41, 5.74) is 0.0349. The first-order chi connectivity index (χ1) is 11.1. The minimum Gasteiger partial charge on any atom is -0.435 e. The highest BCUT2D eigenvalue weighted by molar-refractivity contribution is 6.35. The van der Waals surface area contributed by atoms with E-state index in [1.165, 1.54) is 0 Å². The van der Waals surface area contributed by atoms with Crippen molar-refractivity contribution in [3.8, 4) is 0 Å². The van der Waals surface area contributed by atoms with Crippen molar-refractivity contribution in [1.29, 1.82) is 0 Å². The van der Waals surface area contributed by atoms with Gasteiger partial charge in [0.15, 0.2) is 5.69 Å². The van der Waals surface area contributed by atoms with Crippen molar-refractivity contribution in [2.45, 2.75) is 52.2 Å². The van der Waals surface area contributed by atoms with Gasteiger partial charge in [-0.05, 0) is 33.3 Å². The zero-order chi connectivity index (χ0) is 18.1. The fourth-order valence-corrected chi connectivity index (χ4v) is 3.66. The number of hydrogen-bond donors (Lipinski definition) is 1. The summed E-state index contributed by atoms with van der Waals surface area (Å²) in [5.74, 6) is 0. The number of amides is 1. The van der Waals surface area contributed by atoms with Gasteiger partial charge in [-0.15, -0.1) is 4.48 Å². The number of carbonyl (C=O) groups is 1. The van der Waals surface area contributed by atoms with Gasteiger partial charge in [-0.25, -0.2) is 0 Å². The summed E-state index contributed by atoms with van der Waals surface area (Å²) < 4.78 is 5.34. The van der Waals surface area contributed by atoms with Crippen LogP contribution in [0.3, 0.4) is 0 Å². The van der Waals surface area contributed by atoms with Crippen LogP contribution >= 0.6 is 23.2 Å². The van der Waals surface area contributed by atoms with E-state index in [-0.39, 0.29) is 18.7 Å². The second-order valence-corrected chi connectivity index (χ2v) is 7.66. The molecule has 0 bridgehead atoms. The Bertz CT molecular complexity index is 656. The lowest BCUT2D eigenvalue weighted by atomic mass is 9.97. The van der Waals surface area contributed by atoms with Crippen molar-refractivity contribution in [3.63, 3.8) is 0 Å². The third-order valence-corrected chi connectivity index (χ3v) is 4.43. The summed E-state index contributed by atoms with van der Waals surface area (Å²) in [6, 6.07) is 4.96. The monoisotopic (exact) mass is 373 g/mol. The first-order valence-corrected chi connectivity index (χ1v) is 8.71. The Labute approximate surface area is 152 Å². The first kappa shape index (κ1) is 19.0. The van der Waals surface area contributed by atoms with Crippen LogP contribution in [-0.2, 0) is 4.74 Å². The van der Waals surface area contributed by atoms with Gasteiger partial charge in [0.05, 0.1) is 5.54 Å². The summed E-state index contributed by atoms with van der Waals surface area (Å²) >= 11 is 12.2. The Kier molecular flexibility index (Phi) is 5.47. The molecule has 0 aliphatic carbocycles. The Balaban J connectivity index is 2.72. The second-order valence-electron chi connectivity index (χ2n) is 6.78. The first-order valence-electron chi connectivity index (χ1n) is 7.96. The molecule has 2 unspecified atom stereocenters. The quantitative estimate of drug-likeness (QED) is 0.728. The number of halogens is 2. The molecule has 1 N–H and O–H groups in total. The lowest BCUT2D eigenvalue weighted by Gasteiger charge is -2.38. The van der Waals surface area contributed by atoms with Crippen LogP contribution in [0.25, 0.3) is 0 Å². The van der Waals surface area contributed by atoms with Gasteiger partial charge < -0.3 is 9.84 Å². The van der Waals surface area contributed by atoms with Crippen molar-refractivity contribution >= 4 is 41.0 Å². The molecule has 5 nitrogen and oxygen atoms in total. The molecule has 0 saturated carbocycles. The predicted molar refractivity (Wildman–Crippen MR) is 98.1 cm³/mol. The molecular weight excluding hydrogens is 351 g/mol. The van der Waals surface area contributed by atoms with Gasteiger partial charge in [0.1, 0.15) is 12.6 Å². The molecule has 1 aromatic carbocycles. The number of nitrogens with zero attached hydrogens (tertiary/aromatic N) is 2. The van der Waals surface area contributed by atoms with Crippen molar-refractivity contribution < 1.29 is 14.6 Å². The van der Waals surface area contributed by atoms with E-state index in [0.717, 1.165) is 6.42 Å².